The zero-order valence-electron chi connectivity index (χ0n) is 20.2. The number of carbonyl (C=O) groups excluding carboxylic acids is 1. The van der Waals surface area contributed by atoms with Gasteiger partial charge in [-0.15, -0.1) is 11.3 Å². The van der Waals surface area contributed by atoms with Gasteiger partial charge in [0, 0.05) is 30.2 Å². The highest BCUT2D eigenvalue weighted by molar-refractivity contribution is 7.19. The number of anilines is 2. The van der Waals surface area contributed by atoms with Crippen LogP contribution in [0.15, 0.2) is 31.1 Å². The second kappa shape index (κ2) is 9.00. The highest BCUT2D eigenvalue weighted by Crippen LogP contribution is 2.38. The second-order valence-electron chi connectivity index (χ2n) is 9.46. The Hall–Kier alpha value is -2.97. The maximum atomic E-state index is 13.2. The number of urea groups is 1. The number of allylic oxidation sites excluding steroid dienone is 1. The second-order valence-corrected chi connectivity index (χ2v) is 10.5. The van der Waals surface area contributed by atoms with Crippen molar-refractivity contribution in [3.63, 3.8) is 0 Å². The number of aromatic nitrogens is 2. The van der Waals surface area contributed by atoms with Crippen molar-refractivity contribution in [1.29, 1.82) is 0 Å². The molecule has 1 aromatic carbocycles. The summed E-state index contributed by atoms with van der Waals surface area (Å²) in [6.07, 6.45) is 2.53. The van der Waals surface area contributed by atoms with Gasteiger partial charge < -0.3 is 19.9 Å². The minimum atomic E-state index is 0.0634. The molecule has 1 saturated heterocycles. The first kappa shape index (κ1) is 22.8. The molecule has 2 amide bonds. The van der Waals surface area contributed by atoms with Gasteiger partial charge in [-0.3, -0.25) is 0 Å². The van der Waals surface area contributed by atoms with Crippen LogP contribution in [-0.4, -0.2) is 57.6 Å². The zero-order valence-corrected chi connectivity index (χ0v) is 21.0. The predicted molar refractivity (Wildman–Crippen MR) is 138 cm³/mol. The van der Waals surface area contributed by atoms with E-state index in [1.54, 1.807) is 17.7 Å². The molecule has 2 unspecified atom stereocenters. The largest absolute Gasteiger partial charge is 0.372 e. The van der Waals surface area contributed by atoms with Gasteiger partial charge >= 0.3 is 6.03 Å². The molecule has 1 N–H and O–H groups in total. The fraction of sp³-hybridized carbons (Fsp3) is 0.423. The van der Waals surface area contributed by atoms with Gasteiger partial charge in [-0.05, 0) is 62.9 Å². The molecular formula is C26H31N5O2S. The lowest BCUT2D eigenvalue weighted by Gasteiger charge is -2.39. The van der Waals surface area contributed by atoms with E-state index in [0.717, 1.165) is 39.3 Å². The third-order valence-corrected chi connectivity index (χ3v) is 7.68. The molecule has 0 bridgehead atoms. The molecule has 0 aliphatic carbocycles. The molecule has 178 valence electrons. The first-order valence-corrected chi connectivity index (χ1v) is 12.6. The number of amides is 2. The molecule has 0 radical (unpaired) electrons. The van der Waals surface area contributed by atoms with E-state index in [1.165, 1.54) is 16.0 Å². The predicted octanol–water partition coefficient (Wildman–Crippen LogP) is 5.36. The molecule has 3 aromatic rings. The molecule has 4 heterocycles. The van der Waals surface area contributed by atoms with Gasteiger partial charge in [-0.25, -0.2) is 14.8 Å². The third-order valence-electron chi connectivity index (χ3n) is 6.56. The number of hydrogen-bond donors (Lipinski definition) is 1. The first-order valence-electron chi connectivity index (χ1n) is 11.8. The molecule has 2 aliphatic rings. The van der Waals surface area contributed by atoms with Crippen molar-refractivity contribution in [2.75, 3.05) is 25.0 Å². The van der Waals surface area contributed by atoms with Crippen molar-refractivity contribution < 1.29 is 9.53 Å². The summed E-state index contributed by atoms with van der Waals surface area (Å²) in [6, 6.07) is 6.39. The molecule has 34 heavy (non-hydrogen) atoms. The van der Waals surface area contributed by atoms with E-state index in [9.17, 15) is 4.79 Å². The summed E-state index contributed by atoms with van der Waals surface area (Å²) >= 11 is 1.66. The molecule has 0 spiro atoms. The van der Waals surface area contributed by atoms with E-state index in [2.05, 4.69) is 47.0 Å². The van der Waals surface area contributed by atoms with Gasteiger partial charge in [-0.1, -0.05) is 18.2 Å². The van der Waals surface area contributed by atoms with Crippen LogP contribution in [0.2, 0.25) is 0 Å². The number of morpholine rings is 1. The number of fused-ring (bicyclic) bond motifs is 3. The van der Waals surface area contributed by atoms with Crippen LogP contribution >= 0.6 is 11.3 Å². The summed E-state index contributed by atoms with van der Waals surface area (Å²) in [4.78, 5) is 28.4. The van der Waals surface area contributed by atoms with Crippen LogP contribution < -0.4 is 5.32 Å². The molecule has 5 rings (SSSR count). The average molecular weight is 478 g/mol. The topological polar surface area (TPSA) is 70.6 Å². The summed E-state index contributed by atoms with van der Waals surface area (Å²) in [5, 5.41) is 4.58. The van der Waals surface area contributed by atoms with Crippen LogP contribution in [0.25, 0.3) is 15.8 Å². The van der Waals surface area contributed by atoms with Gasteiger partial charge in [0.2, 0.25) is 0 Å². The highest BCUT2D eigenvalue weighted by Gasteiger charge is 2.32. The van der Waals surface area contributed by atoms with E-state index in [0.29, 0.717) is 26.2 Å². The maximum absolute atomic E-state index is 13.2. The Kier molecular flexibility index (Phi) is 6.04. The lowest BCUT2D eigenvalue weighted by molar-refractivity contribution is -0.0585. The number of benzene rings is 1. The summed E-state index contributed by atoms with van der Waals surface area (Å²) < 4.78 is 5.80. The minimum absolute atomic E-state index is 0.0634. The van der Waals surface area contributed by atoms with Gasteiger partial charge in [0.15, 0.2) is 0 Å². The standard InChI is InChI=1S/C26H31N5O2S/c1-15(2)21-10-19(7-6-16(21)3)29-24-23-20-8-9-30(13-22(20)34-25(23)28-14-27-24)26(32)31-11-17(4)33-18(5)12-31/h6-7,10,14,17-18H,1,8-9,11-13H2,2-5H3,(H,27,28,29). The van der Waals surface area contributed by atoms with Crippen molar-refractivity contribution in [3.05, 3.63) is 52.7 Å². The number of rotatable bonds is 3. The van der Waals surface area contributed by atoms with Crippen LogP contribution in [0, 0.1) is 6.92 Å². The van der Waals surface area contributed by atoms with E-state index in [-0.39, 0.29) is 18.2 Å². The fourth-order valence-corrected chi connectivity index (χ4v) is 6.22. The average Bonchev–Trinajstić information content (AvgIpc) is 3.17. The van der Waals surface area contributed by atoms with Crippen LogP contribution in [0.3, 0.4) is 0 Å². The Morgan fingerprint density at radius 3 is 2.71 bits per heavy atom. The van der Waals surface area contributed by atoms with Crippen LogP contribution in [0.5, 0.6) is 0 Å². The Balaban J connectivity index is 1.41. The summed E-state index contributed by atoms with van der Waals surface area (Å²) in [5.41, 5.74) is 5.61. The number of hydrogen-bond acceptors (Lipinski definition) is 6. The maximum Gasteiger partial charge on any atom is 0.320 e. The molecule has 2 aromatic heterocycles. The lowest BCUT2D eigenvalue weighted by atomic mass is 10.0. The summed E-state index contributed by atoms with van der Waals surface area (Å²) in [5.74, 6) is 0.814. The first-order chi connectivity index (χ1) is 16.3. The van der Waals surface area contributed by atoms with Gasteiger partial charge in [-0.2, -0.15) is 0 Å². The van der Waals surface area contributed by atoms with Crippen LogP contribution in [0.4, 0.5) is 16.3 Å². The Labute approximate surface area is 204 Å². The number of thiophene rings is 1. The van der Waals surface area contributed by atoms with Crippen LogP contribution in [0.1, 0.15) is 42.3 Å². The highest BCUT2D eigenvalue weighted by atomic mass is 32.1. The molecule has 8 heteroatoms. The SMILES string of the molecule is C=C(C)c1cc(Nc2ncnc3sc4c(c23)CCN(C(=O)N2CC(C)OC(C)C2)C4)ccc1C. The number of aryl methyl sites for hydroxylation is 1. The van der Waals surface area contributed by atoms with Gasteiger partial charge in [0.05, 0.1) is 24.1 Å². The zero-order chi connectivity index (χ0) is 24.0. The normalized spacial score (nSPS) is 20.4. The van der Waals surface area contributed by atoms with Gasteiger partial charge in [0.1, 0.15) is 17.0 Å². The molecule has 1 fully saturated rings. The lowest BCUT2D eigenvalue weighted by Crippen LogP contribution is -2.53. The van der Waals surface area contributed by atoms with Crippen molar-refractivity contribution in [2.45, 2.75) is 52.9 Å². The summed E-state index contributed by atoms with van der Waals surface area (Å²) in [7, 11) is 0. The van der Waals surface area contributed by atoms with E-state index >= 15 is 0 Å². The fourth-order valence-electron chi connectivity index (χ4n) is 5.02. The van der Waals surface area contributed by atoms with Crippen molar-refractivity contribution in [2.24, 2.45) is 0 Å². The number of carbonyl (C=O) groups is 1. The smallest absolute Gasteiger partial charge is 0.320 e. The van der Waals surface area contributed by atoms with E-state index < -0.39 is 0 Å². The minimum Gasteiger partial charge on any atom is -0.372 e. The van der Waals surface area contributed by atoms with Gasteiger partial charge in [0.25, 0.3) is 0 Å². The Morgan fingerprint density at radius 1 is 1.21 bits per heavy atom. The molecule has 7 nitrogen and oxygen atoms in total. The monoisotopic (exact) mass is 477 g/mol. The summed E-state index contributed by atoms with van der Waals surface area (Å²) in [6.45, 7) is 14.9. The Bertz CT molecular complexity index is 1260. The molecular weight excluding hydrogens is 446 g/mol. The molecule has 2 atom stereocenters. The molecule has 0 saturated carbocycles. The van der Waals surface area contributed by atoms with Crippen LogP contribution in [-0.2, 0) is 17.7 Å². The van der Waals surface area contributed by atoms with Crippen molar-refractivity contribution in [1.82, 2.24) is 19.8 Å². The van der Waals surface area contributed by atoms with Crippen molar-refractivity contribution in [3.8, 4) is 0 Å². The number of nitrogens with one attached hydrogen (secondary N) is 1. The third kappa shape index (κ3) is 4.28. The Morgan fingerprint density at radius 2 is 1.97 bits per heavy atom. The van der Waals surface area contributed by atoms with E-state index in [4.69, 9.17) is 4.74 Å². The number of nitrogens with zero attached hydrogens (tertiary/aromatic N) is 4. The quantitative estimate of drug-likeness (QED) is 0.550. The van der Waals surface area contributed by atoms with Crippen molar-refractivity contribution >= 4 is 44.7 Å². The molecule has 2 aliphatic heterocycles. The van der Waals surface area contributed by atoms with E-state index in [1.807, 2.05) is 30.6 Å². The number of ether oxygens (including phenoxy) is 1.